The van der Waals surface area contributed by atoms with Crippen molar-refractivity contribution < 1.29 is 4.79 Å². The predicted molar refractivity (Wildman–Crippen MR) is 70.7 cm³/mol. The van der Waals surface area contributed by atoms with Gasteiger partial charge in [-0.2, -0.15) is 0 Å². The summed E-state index contributed by atoms with van der Waals surface area (Å²) in [5.74, 6) is 0.684. The third kappa shape index (κ3) is 2.38. The Morgan fingerprint density at radius 2 is 2.33 bits per heavy atom. The Hall–Kier alpha value is -1.42. The molecule has 1 saturated carbocycles. The Morgan fingerprint density at radius 1 is 1.61 bits per heavy atom. The van der Waals surface area contributed by atoms with Crippen LogP contribution < -0.4 is 11.1 Å². The van der Waals surface area contributed by atoms with Crippen LogP contribution in [0.4, 0.5) is 0 Å². The van der Waals surface area contributed by atoms with Crippen LogP contribution in [0.15, 0.2) is 18.3 Å². The fourth-order valence-corrected chi connectivity index (χ4v) is 2.77. The highest BCUT2D eigenvalue weighted by atomic mass is 16.2. The SMILES string of the molecule is Cc1cccnc1CNC(=O)C1(CN)CC(C)C1. The lowest BCUT2D eigenvalue weighted by Crippen LogP contribution is -2.53. The van der Waals surface area contributed by atoms with E-state index in [0.29, 0.717) is 19.0 Å². The summed E-state index contributed by atoms with van der Waals surface area (Å²) in [6.07, 6.45) is 3.55. The average molecular weight is 247 g/mol. The Morgan fingerprint density at radius 3 is 2.89 bits per heavy atom. The van der Waals surface area contributed by atoms with E-state index in [0.717, 1.165) is 24.1 Å². The maximum atomic E-state index is 12.2. The third-order valence-electron chi connectivity index (χ3n) is 3.89. The highest BCUT2D eigenvalue weighted by Crippen LogP contribution is 2.44. The monoisotopic (exact) mass is 247 g/mol. The summed E-state index contributed by atoms with van der Waals surface area (Å²) in [5.41, 5.74) is 7.44. The van der Waals surface area contributed by atoms with Crippen LogP contribution in [0.1, 0.15) is 31.0 Å². The molecule has 4 nitrogen and oxygen atoms in total. The average Bonchev–Trinajstić information content (AvgIpc) is 2.33. The molecule has 3 N–H and O–H groups in total. The predicted octanol–water partition coefficient (Wildman–Crippen LogP) is 1.38. The van der Waals surface area contributed by atoms with Gasteiger partial charge in [-0.25, -0.2) is 0 Å². The van der Waals surface area contributed by atoms with Crippen molar-refractivity contribution in [1.29, 1.82) is 0 Å². The lowest BCUT2D eigenvalue weighted by molar-refractivity contribution is -0.138. The molecule has 1 amide bonds. The molecule has 1 aromatic rings. The van der Waals surface area contributed by atoms with Crippen molar-refractivity contribution in [3.8, 4) is 0 Å². The first-order chi connectivity index (χ1) is 8.57. The molecule has 4 heteroatoms. The van der Waals surface area contributed by atoms with Gasteiger partial charge in [0, 0.05) is 12.7 Å². The van der Waals surface area contributed by atoms with Crippen molar-refractivity contribution >= 4 is 5.91 Å². The van der Waals surface area contributed by atoms with Crippen LogP contribution in [0.25, 0.3) is 0 Å². The molecule has 0 aromatic carbocycles. The van der Waals surface area contributed by atoms with Crippen molar-refractivity contribution in [1.82, 2.24) is 10.3 Å². The van der Waals surface area contributed by atoms with E-state index in [1.807, 2.05) is 19.1 Å². The Balaban J connectivity index is 1.95. The molecule has 0 bridgehead atoms. The molecule has 0 radical (unpaired) electrons. The second-order valence-corrected chi connectivity index (χ2v) is 5.45. The molecule has 1 fully saturated rings. The number of nitrogens with two attached hydrogens (primary N) is 1. The largest absolute Gasteiger partial charge is 0.350 e. The number of rotatable bonds is 4. The highest BCUT2D eigenvalue weighted by molar-refractivity contribution is 5.83. The van der Waals surface area contributed by atoms with Crippen LogP contribution >= 0.6 is 0 Å². The van der Waals surface area contributed by atoms with Gasteiger partial charge in [0.1, 0.15) is 0 Å². The van der Waals surface area contributed by atoms with E-state index in [4.69, 9.17) is 5.73 Å². The topological polar surface area (TPSA) is 68.0 Å². The molecule has 1 aromatic heterocycles. The van der Waals surface area contributed by atoms with Gasteiger partial charge < -0.3 is 11.1 Å². The quantitative estimate of drug-likeness (QED) is 0.844. The summed E-state index contributed by atoms with van der Waals surface area (Å²) < 4.78 is 0. The van der Waals surface area contributed by atoms with Crippen LogP contribution in [0, 0.1) is 18.3 Å². The Bertz CT molecular complexity index is 438. The zero-order valence-corrected chi connectivity index (χ0v) is 11.1. The van der Waals surface area contributed by atoms with Crippen molar-refractivity contribution in [2.24, 2.45) is 17.1 Å². The lowest BCUT2D eigenvalue weighted by Gasteiger charge is -2.44. The zero-order valence-electron chi connectivity index (χ0n) is 11.1. The maximum Gasteiger partial charge on any atom is 0.227 e. The number of carbonyl (C=O) groups is 1. The van der Waals surface area contributed by atoms with Crippen molar-refractivity contribution in [3.05, 3.63) is 29.6 Å². The normalized spacial score (nSPS) is 26.5. The van der Waals surface area contributed by atoms with Gasteiger partial charge in [-0.05, 0) is 37.3 Å². The van der Waals surface area contributed by atoms with Gasteiger partial charge in [-0.3, -0.25) is 9.78 Å². The van der Waals surface area contributed by atoms with Crippen molar-refractivity contribution in [2.45, 2.75) is 33.2 Å². The fourth-order valence-electron chi connectivity index (χ4n) is 2.77. The van der Waals surface area contributed by atoms with Crippen LogP contribution in [0.2, 0.25) is 0 Å². The molecule has 18 heavy (non-hydrogen) atoms. The smallest absolute Gasteiger partial charge is 0.227 e. The first kappa shape index (κ1) is 13.0. The van der Waals surface area contributed by atoms with Crippen molar-refractivity contribution in [3.63, 3.8) is 0 Å². The van der Waals surface area contributed by atoms with Gasteiger partial charge in [0.25, 0.3) is 0 Å². The third-order valence-corrected chi connectivity index (χ3v) is 3.89. The molecular formula is C14H21N3O. The van der Waals surface area contributed by atoms with Crippen LogP contribution in [0.3, 0.4) is 0 Å². The van der Waals surface area contributed by atoms with E-state index in [1.54, 1.807) is 6.20 Å². The van der Waals surface area contributed by atoms with Gasteiger partial charge in [-0.15, -0.1) is 0 Å². The Labute approximate surface area is 108 Å². The van der Waals surface area contributed by atoms with Crippen LogP contribution in [0.5, 0.6) is 0 Å². The molecule has 1 aliphatic rings. The van der Waals surface area contributed by atoms with Gasteiger partial charge in [0.15, 0.2) is 0 Å². The molecular weight excluding hydrogens is 226 g/mol. The van der Waals surface area contributed by atoms with Crippen molar-refractivity contribution in [2.75, 3.05) is 6.54 Å². The molecule has 0 saturated heterocycles. The molecule has 0 aliphatic heterocycles. The summed E-state index contributed by atoms with van der Waals surface area (Å²) in [5, 5.41) is 2.97. The highest BCUT2D eigenvalue weighted by Gasteiger charge is 2.46. The first-order valence-electron chi connectivity index (χ1n) is 6.46. The molecule has 1 heterocycles. The molecule has 0 atom stereocenters. The Kier molecular flexibility index (Phi) is 3.66. The fraction of sp³-hybridized carbons (Fsp3) is 0.571. The summed E-state index contributed by atoms with van der Waals surface area (Å²) in [4.78, 5) is 16.5. The molecule has 0 spiro atoms. The van der Waals surface area contributed by atoms with Gasteiger partial charge in [0.2, 0.25) is 5.91 Å². The van der Waals surface area contributed by atoms with E-state index in [-0.39, 0.29) is 11.3 Å². The number of nitrogens with zero attached hydrogens (tertiary/aromatic N) is 1. The second kappa shape index (κ2) is 5.06. The van der Waals surface area contributed by atoms with E-state index in [1.165, 1.54) is 0 Å². The number of aromatic nitrogens is 1. The van der Waals surface area contributed by atoms with Gasteiger partial charge in [-0.1, -0.05) is 13.0 Å². The number of pyridine rings is 1. The first-order valence-corrected chi connectivity index (χ1v) is 6.46. The van der Waals surface area contributed by atoms with E-state index in [2.05, 4.69) is 17.2 Å². The summed E-state index contributed by atoms with van der Waals surface area (Å²) in [7, 11) is 0. The van der Waals surface area contributed by atoms with E-state index < -0.39 is 0 Å². The second-order valence-electron chi connectivity index (χ2n) is 5.45. The minimum absolute atomic E-state index is 0.0770. The van der Waals surface area contributed by atoms with Crippen LogP contribution in [-0.2, 0) is 11.3 Å². The lowest BCUT2D eigenvalue weighted by atomic mass is 9.62. The summed E-state index contributed by atoms with van der Waals surface area (Å²) >= 11 is 0. The zero-order chi connectivity index (χ0) is 13.2. The van der Waals surface area contributed by atoms with Crippen LogP contribution in [-0.4, -0.2) is 17.4 Å². The molecule has 2 rings (SSSR count). The number of hydrogen-bond acceptors (Lipinski definition) is 3. The number of carbonyl (C=O) groups excluding carboxylic acids is 1. The van der Waals surface area contributed by atoms with Gasteiger partial charge in [0.05, 0.1) is 17.7 Å². The summed E-state index contributed by atoms with van der Waals surface area (Å²) in [6.45, 7) is 5.08. The standard InChI is InChI=1S/C14H21N3O/c1-10-6-14(7-10,9-15)13(18)17-8-12-11(2)4-3-5-16-12/h3-5,10H,6-9,15H2,1-2H3,(H,17,18). The molecule has 1 aliphatic carbocycles. The number of hydrogen-bond donors (Lipinski definition) is 2. The number of aryl methyl sites for hydroxylation is 1. The van der Waals surface area contributed by atoms with Gasteiger partial charge >= 0.3 is 0 Å². The van der Waals surface area contributed by atoms with E-state index in [9.17, 15) is 4.79 Å². The molecule has 98 valence electrons. The number of nitrogens with one attached hydrogen (secondary N) is 1. The maximum absolute atomic E-state index is 12.2. The number of amides is 1. The van der Waals surface area contributed by atoms with E-state index >= 15 is 0 Å². The minimum Gasteiger partial charge on any atom is -0.350 e. The molecule has 0 unspecified atom stereocenters. The minimum atomic E-state index is -0.331. The summed E-state index contributed by atoms with van der Waals surface area (Å²) in [6, 6.07) is 3.90.